The predicted molar refractivity (Wildman–Crippen MR) is 93.7 cm³/mol. The first-order valence-corrected chi connectivity index (χ1v) is 9.85. The highest BCUT2D eigenvalue weighted by atomic mass is 32.2. The zero-order chi connectivity index (χ0) is 18.4. The van der Waals surface area contributed by atoms with Gasteiger partial charge in [0.25, 0.3) is 5.91 Å². The summed E-state index contributed by atoms with van der Waals surface area (Å²) < 4.78 is 31.9. The first kappa shape index (κ1) is 19.4. The SMILES string of the molecule is CCC(=O)OCC(=O)Nc1ccc(C)c(S(=O)(=O)N2CCCCC2)c1. The van der Waals surface area contributed by atoms with E-state index in [-0.39, 0.29) is 11.3 Å². The van der Waals surface area contributed by atoms with Crippen LogP contribution in [0.2, 0.25) is 0 Å². The largest absolute Gasteiger partial charge is 0.456 e. The average Bonchev–Trinajstić information content (AvgIpc) is 2.61. The van der Waals surface area contributed by atoms with Crippen molar-refractivity contribution in [3.05, 3.63) is 23.8 Å². The van der Waals surface area contributed by atoms with Crippen LogP contribution in [0.5, 0.6) is 0 Å². The lowest BCUT2D eigenvalue weighted by molar-refractivity contribution is -0.146. The van der Waals surface area contributed by atoms with Gasteiger partial charge < -0.3 is 10.1 Å². The van der Waals surface area contributed by atoms with Gasteiger partial charge in [-0.25, -0.2) is 8.42 Å². The van der Waals surface area contributed by atoms with E-state index in [0.29, 0.717) is 24.3 Å². The van der Waals surface area contributed by atoms with Gasteiger partial charge in [-0.15, -0.1) is 0 Å². The molecular weight excluding hydrogens is 344 g/mol. The molecule has 1 aromatic carbocycles. The first-order chi connectivity index (χ1) is 11.8. The van der Waals surface area contributed by atoms with E-state index in [1.807, 2.05) is 0 Å². The molecule has 1 fully saturated rings. The van der Waals surface area contributed by atoms with E-state index < -0.39 is 28.5 Å². The zero-order valence-corrected chi connectivity index (χ0v) is 15.4. The van der Waals surface area contributed by atoms with Gasteiger partial charge in [-0.3, -0.25) is 9.59 Å². The van der Waals surface area contributed by atoms with E-state index in [1.54, 1.807) is 26.0 Å². The standard InChI is InChI=1S/C17H24N2O5S/c1-3-17(21)24-12-16(20)18-14-8-7-13(2)15(11-14)25(22,23)19-9-5-4-6-10-19/h7-8,11H,3-6,9-10,12H2,1-2H3,(H,18,20). The third-order valence-corrected chi connectivity index (χ3v) is 6.10. The average molecular weight is 368 g/mol. The number of carbonyl (C=O) groups is 2. The van der Waals surface area contributed by atoms with E-state index in [1.165, 1.54) is 10.4 Å². The molecular formula is C17H24N2O5S. The van der Waals surface area contributed by atoms with Crippen LogP contribution in [-0.2, 0) is 24.3 Å². The van der Waals surface area contributed by atoms with E-state index in [0.717, 1.165) is 19.3 Å². The van der Waals surface area contributed by atoms with Crippen molar-refractivity contribution in [1.29, 1.82) is 0 Å². The van der Waals surface area contributed by atoms with Crippen molar-refractivity contribution in [3.8, 4) is 0 Å². The van der Waals surface area contributed by atoms with Crippen LogP contribution in [0.15, 0.2) is 23.1 Å². The molecule has 2 rings (SSSR count). The second-order valence-electron chi connectivity index (χ2n) is 6.01. The number of aryl methyl sites for hydroxylation is 1. The number of nitrogens with zero attached hydrogens (tertiary/aromatic N) is 1. The number of nitrogens with one attached hydrogen (secondary N) is 1. The predicted octanol–water partition coefficient (Wildman–Crippen LogP) is 2.06. The molecule has 7 nitrogen and oxygen atoms in total. The van der Waals surface area contributed by atoms with Crippen LogP contribution in [0.3, 0.4) is 0 Å². The number of benzene rings is 1. The molecule has 1 aromatic rings. The third kappa shape index (κ3) is 5.02. The molecule has 0 aromatic heterocycles. The van der Waals surface area contributed by atoms with E-state index in [2.05, 4.69) is 5.32 Å². The molecule has 138 valence electrons. The Labute approximate surface area is 148 Å². The topological polar surface area (TPSA) is 92.8 Å². The van der Waals surface area contributed by atoms with Gasteiger partial charge in [-0.2, -0.15) is 4.31 Å². The number of hydrogen-bond acceptors (Lipinski definition) is 5. The van der Waals surface area contributed by atoms with Gasteiger partial charge in [-0.1, -0.05) is 19.4 Å². The van der Waals surface area contributed by atoms with Crippen LogP contribution in [-0.4, -0.2) is 44.3 Å². The van der Waals surface area contributed by atoms with Crippen LogP contribution in [0, 0.1) is 6.92 Å². The maximum atomic E-state index is 12.8. The molecule has 0 aliphatic carbocycles. The van der Waals surface area contributed by atoms with Crippen LogP contribution in [0.4, 0.5) is 5.69 Å². The molecule has 0 spiro atoms. The number of anilines is 1. The number of ether oxygens (including phenoxy) is 1. The summed E-state index contributed by atoms with van der Waals surface area (Å²) in [7, 11) is -3.58. The van der Waals surface area contributed by atoms with E-state index >= 15 is 0 Å². The Bertz CT molecular complexity index is 739. The molecule has 0 unspecified atom stereocenters. The number of hydrogen-bond donors (Lipinski definition) is 1. The summed E-state index contributed by atoms with van der Waals surface area (Å²) in [5.41, 5.74) is 0.986. The lowest BCUT2D eigenvalue weighted by Crippen LogP contribution is -2.36. The summed E-state index contributed by atoms with van der Waals surface area (Å²) in [4.78, 5) is 23.1. The summed E-state index contributed by atoms with van der Waals surface area (Å²) in [5, 5.41) is 2.56. The molecule has 1 N–H and O–H groups in total. The molecule has 1 aliphatic rings. The monoisotopic (exact) mass is 368 g/mol. The summed E-state index contributed by atoms with van der Waals surface area (Å²) in [6, 6.07) is 4.74. The highest BCUT2D eigenvalue weighted by molar-refractivity contribution is 7.89. The second kappa shape index (κ2) is 8.44. The number of piperidine rings is 1. The van der Waals surface area contributed by atoms with E-state index in [9.17, 15) is 18.0 Å². The Morgan fingerprint density at radius 3 is 2.52 bits per heavy atom. The molecule has 1 heterocycles. The van der Waals surface area contributed by atoms with Crippen molar-refractivity contribution in [2.75, 3.05) is 25.0 Å². The summed E-state index contributed by atoms with van der Waals surface area (Å²) in [6.07, 6.45) is 2.95. The molecule has 0 atom stereocenters. The van der Waals surface area contributed by atoms with Crippen molar-refractivity contribution >= 4 is 27.6 Å². The van der Waals surface area contributed by atoms with Gasteiger partial charge in [0, 0.05) is 25.2 Å². The highest BCUT2D eigenvalue weighted by Crippen LogP contribution is 2.26. The minimum Gasteiger partial charge on any atom is -0.456 e. The third-order valence-electron chi connectivity index (χ3n) is 4.06. The Hall–Kier alpha value is -1.93. The summed E-state index contributed by atoms with van der Waals surface area (Å²) in [6.45, 7) is 4.01. The van der Waals surface area contributed by atoms with Gasteiger partial charge >= 0.3 is 5.97 Å². The number of carbonyl (C=O) groups excluding carboxylic acids is 2. The molecule has 0 radical (unpaired) electrons. The first-order valence-electron chi connectivity index (χ1n) is 8.41. The molecule has 0 saturated carbocycles. The fourth-order valence-corrected chi connectivity index (χ4v) is 4.41. The van der Waals surface area contributed by atoms with Crippen LogP contribution in [0.1, 0.15) is 38.2 Å². The molecule has 1 amide bonds. The lowest BCUT2D eigenvalue weighted by atomic mass is 10.2. The van der Waals surface area contributed by atoms with Crippen molar-refractivity contribution in [1.82, 2.24) is 4.31 Å². The Kier molecular flexibility index (Phi) is 6.55. The Balaban J connectivity index is 2.14. The smallest absolute Gasteiger partial charge is 0.306 e. The Morgan fingerprint density at radius 2 is 1.88 bits per heavy atom. The number of sulfonamides is 1. The van der Waals surface area contributed by atoms with Gasteiger partial charge in [0.2, 0.25) is 10.0 Å². The molecule has 8 heteroatoms. The van der Waals surface area contributed by atoms with Gasteiger partial charge in [0.05, 0.1) is 4.90 Å². The number of esters is 1. The van der Waals surface area contributed by atoms with Crippen LogP contribution in [0.25, 0.3) is 0 Å². The summed E-state index contributed by atoms with van der Waals surface area (Å²) in [5.74, 6) is -0.973. The molecule has 1 aliphatic heterocycles. The quantitative estimate of drug-likeness (QED) is 0.776. The van der Waals surface area contributed by atoms with Crippen LogP contribution >= 0.6 is 0 Å². The maximum absolute atomic E-state index is 12.8. The second-order valence-corrected chi connectivity index (χ2v) is 7.91. The fraction of sp³-hybridized carbons (Fsp3) is 0.529. The number of amides is 1. The van der Waals surface area contributed by atoms with Crippen LogP contribution < -0.4 is 5.32 Å². The van der Waals surface area contributed by atoms with Crippen molar-refractivity contribution in [3.63, 3.8) is 0 Å². The lowest BCUT2D eigenvalue weighted by Gasteiger charge is -2.26. The number of rotatable bonds is 6. The minimum absolute atomic E-state index is 0.191. The Morgan fingerprint density at radius 1 is 1.20 bits per heavy atom. The fourth-order valence-electron chi connectivity index (χ4n) is 2.65. The van der Waals surface area contributed by atoms with Crippen molar-refractivity contribution < 1.29 is 22.7 Å². The minimum atomic E-state index is -3.58. The van der Waals surface area contributed by atoms with Gasteiger partial charge in [-0.05, 0) is 37.5 Å². The zero-order valence-electron chi connectivity index (χ0n) is 14.6. The normalized spacial score (nSPS) is 15.6. The van der Waals surface area contributed by atoms with E-state index in [4.69, 9.17) is 4.74 Å². The molecule has 25 heavy (non-hydrogen) atoms. The van der Waals surface area contributed by atoms with Gasteiger partial charge in [0.15, 0.2) is 6.61 Å². The highest BCUT2D eigenvalue weighted by Gasteiger charge is 2.27. The molecule has 0 bridgehead atoms. The maximum Gasteiger partial charge on any atom is 0.306 e. The van der Waals surface area contributed by atoms with Crippen molar-refractivity contribution in [2.24, 2.45) is 0 Å². The van der Waals surface area contributed by atoms with Gasteiger partial charge in [0.1, 0.15) is 0 Å². The summed E-state index contributed by atoms with van der Waals surface area (Å²) >= 11 is 0. The van der Waals surface area contributed by atoms with Crippen molar-refractivity contribution in [2.45, 2.75) is 44.4 Å². The molecule has 1 saturated heterocycles.